The van der Waals surface area contributed by atoms with E-state index in [9.17, 15) is 8.42 Å². The summed E-state index contributed by atoms with van der Waals surface area (Å²) in [5.41, 5.74) is -0.121. The van der Waals surface area contributed by atoms with E-state index in [0.29, 0.717) is 19.0 Å². The van der Waals surface area contributed by atoms with E-state index in [1.807, 2.05) is 6.07 Å². The smallest absolute Gasteiger partial charge is 0.218 e. The second-order valence-electron chi connectivity index (χ2n) is 7.27. The van der Waals surface area contributed by atoms with E-state index in [2.05, 4.69) is 19.6 Å². The van der Waals surface area contributed by atoms with Crippen molar-refractivity contribution in [1.29, 1.82) is 0 Å². The molecule has 1 saturated carbocycles. The van der Waals surface area contributed by atoms with E-state index >= 15 is 0 Å². The number of hydrogen-bond donors (Lipinski definition) is 1. The number of methoxy groups -OCH3 is 1. The van der Waals surface area contributed by atoms with Crippen LogP contribution in [0.2, 0.25) is 0 Å². The number of nitrogens with one attached hydrogen (secondary N) is 1. The predicted octanol–water partition coefficient (Wildman–Crippen LogP) is 0.552. The summed E-state index contributed by atoms with van der Waals surface area (Å²) in [6, 6.07) is 1.82. The number of anilines is 1. The highest BCUT2D eigenvalue weighted by Gasteiger charge is 2.47. The normalized spacial score (nSPS) is 25.6. The van der Waals surface area contributed by atoms with E-state index in [1.54, 1.807) is 7.11 Å². The molecular weight excluding hydrogens is 344 g/mol. The quantitative estimate of drug-likeness (QED) is 0.784. The first-order valence-electron chi connectivity index (χ1n) is 8.73. The fourth-order valence-electron chi connectivity index (χ4n) is 3.48. The Hall–Kier alpha value is -1.45. The van der Waals surface area contributed by atoms with Crippen LogP contribution in [0.4, 0.5) is 5.82 Å². The van der Waals surface area contributed by atoms with Gasteiger partial charge in [0.25, 0.3) is 0 Å². The minimum atomic E-state index is -3.10. The Labute approximate surface area is 148 Å². The monoisotopic (exact) mass is 368 g/mol. The molecule has 1 N–H and O–H groups in total. The zero-order valence-corrected chi connectivity index (χ0v) is 15.2. The van der Waals surface area contributed by atoms with Crippen LogP contribution in [-0.4, -0.2) is 62.6 Å². The van der Waals surface area contributed by atoms with Crippen molar-refractivity contribution in [3.63, 3.8) is 0 Å². The molecule has 3 heterocycles. The summed E-state index contributed by atoms with van der Waals surface area (Å²) in [7, 11) is -1.51. The van der Waals surface area contributed by atoms with Gasteiger partial charge in [0.1, 0.15) is 17.7 Å². The standard InChI is InChI=1S/C16H24N4O4S/c1-23-15-6-14(17-11-18-15)20-9-16(10-20)5-4-12(8-24-16)7-19-25(21,22)13-2-3-13/h6,11-13,19H,2-5,7-10H2,1H3. The number of hydrogen-bond acceptors (Lipinski definition) is 7. The van der Waals surface area contributed by atoms with Gasteiger partial charge in [-0.25, -0.2) is 23.1 Å². The summed E-state index contributed by atoms with van der Waals surface area (Å²) in [6.07, 6.45) is 5.02. The summed E-state index contributed by atoms with van der Waals surface area (Å²) in [6.45, 7) is 2.69. The summed E-state index contributed by atoms with van der Waals surface area (Å²) in [4.78, 5) is 10.5. The second-order valence-corrected chi connectivity index (χ2v) is 9.31. The van der Waals surface area contributed by atoms with Crippen LogP contribution in [0.1, 0.15) is 25.7 Å². The van der Waals surface area contributed by atoms with Crippen molar-refractivity contribution in [2.75, 3.05) is 38.3 Å². The Morgan fingerprint density at radius 1 is 1.36 bits per heavy atom. The Balaban J connectivity index is 1.25. The molecule has 25 heavy (non-hydrogen) atoms. The van der Waals surface area contributed by atoms with E-state index in [4.69, 9.17) is 9.47 Å². The highest BCUT2D eigenvalue weighted by atomic mass is 32.2. The molecule has 0 aromatic carbocycles. The van der Waals surface area contributed by atoms with Gasteiger partial charge < -0.3 is 14.4 Å². The Kier molecular flexibility index (Phi) is 4.33. The van der Waals surface area contributed by atoms with Crippen LogP contribution in [0, 0.1) is 5.92 Å². The minimum Gasteiger partial charge on any atom is -0.481 e. The van der Waals surface area contributed by atoms with Crippen LogP contribution in [0.5, 0.6) is 5.88 Å². The van der Waals surface area contributed by atoms with Crippen LogP contribution in [-0.2, 0) is 14.8 Å². The predicted molar refractivity (Wildman–Crippen MR) is 92.1 cm³/mol. The fraction of sp³-hybridized carbons (Fsp3) is 0.750. The molecular formula is C16H24N4O4S. The first kappa shape index (κ1) is 17.0. The largest absolute Gasteiger partial charge is 0.481 e. The molecule has 1 atom stereocenters. The molecule has 9 heteroatoms. The molecule has 2 aliphatic heterocycles. The highest BCUT2D eigenvalue weighted by molar-refractivity contribution is 7.90. The van der Waals surface area contributed by atoms with Crippen molar-refractivity contribution >= 4 is 15.8 Å². The van der Waals surface area contributed by atoms with E-state index in [-0.39, 0.29) is 16.8 Å². The van der Waals surface area contributed by atoms with Crippen LogP contribution in [0.3, 0.4) is 0 Å². The Bertz CT molecular complexity index is 721. The van der Waals surface area contributed by atoms with Crippen molar-refractivity contribution in [2.24, 2.45) is 5.92 Å². The Morgan fingerprint density at radius 2 is 2.16 bits per heavy atom. The first-order chi connectivity index (χ1) is 12.0. The lowest BCUT2D eigenvalue weighted by atomic mass is 9.83. The average Bonchev–Trinajstić information content (AvgIpc) is 3.44. The summed E-state index contributed by atoms with van der Waals surface area (Å²) >= 11 is 0. The lowest BCUT2D eigenvalue weighted by Crippen LogP contribution is -2.65. The van der Waals surface area contributed by atoms with E-state index in [0.717, 1.165) is 44.6 Å². The van der Waals surface area contributed by atoms with Gasteiger partial charge in [0, 0.05) is 12.6 Å². The van der Waals surface area contributed by atoms with Crippen LogP contribution in [0.15, 0.2) is 12.4 Å². The summed E-state index contributed by atoms with van der Waals surface area (Å²) < 4.78 is 37.8. The van der Waals surface area contributed by atoms with Gasteiger partial charge in [0.05, 0.1) is 32.1 Å². The molecule has 1 spiro atoms. The van der Waals surface area contributed by atoms with E-state index < -0.39 is 10.0 Å². The second kappa shape index (κ2) is 6.37. The van der Waals surface area contributed by atoms with E-state index in [1.165, 1.54) is 6.33 Å². The summed E-state index contributed by atoms with van der Waals surface area (Å²) in [5.74, 6) is 1.66. The third kappa shape index (κ3) is 3.58. The molecule has 3 aliphatic rings. The number of ether oxygens (including phenoxy) is 2. The molecule has 0 bridgehead atoms. The van der Waals surface area contributed by atoms with Crippen molar-refractivity contribution in [2.45, 2.75) is 36.5 Å². The molecule has 2 saturated heterocycles. The third-order valence-corrected chi connectivity index (χ3v) is 7.21. The molecule has 4 rings (SSSR count). The van der Waals surface area contributed by atoms with Crippen molar-refractivity contribution < 1.29 is 17.9 Å². The molecule has 1 unspecified atom stereocenters. The van der Waals surface area contributed by atoms with Crippen LogP contribution >= 0.6 is 0 Å². The maximum absolute atomic E-state index is 11.9. The number of rotatable bonds is 6. The molecule has 1 aliphatic carbocycles. The first-order valence-corrected chi connectivity index (χ1v) is 10.3. The average molecular weight is 368 g/mol. The van der Waals surface area contributed by atoms with Gasteiger partial charge in [0.15, 0.2) is 0 Å². The molecule has 3 fully saturated rings. The van der Waals surface area contributed by atoms with Crippen LogP contribution < -0.4 is 14.4 Å². The number of sulfonamides is 1. The number of aromatic nitrogens is 2. The van der Waals surface area contributed by atoms with Gasteiger partial charge >= 0.3 is 0 Å². The van der Waals surface area contributed by atoms with Crippen molar-refractivity contribution in [1.82, 2.24) is 14.7 Å². The fourth-order valence-corrected chi connectivity index (χ4v) is 4.94. The van der Waals surface area contributed by atoms with Gasteiger partial charge in [-0.15, -0.1) is 0 Å². The third-order valence-electron chi connectivity index (χ3n) is 5.29. The summed E-state index contributed by atoms with van der Waals surface area (Å²) in [5, 5.41) is -0.159. The van der Waals surface area contributed by atoms with Gasteiger partial charge in [-0.05, 0) is 31.6 Å². The maximum Gasteiger partial charge on any atom is 0.218 e. The molecule has 0 amide bonds. The lowest BCUT2D eigenvalue weighted by Gasteiger charge is -2.53. The number of nitrogens with zero attached hydrogens (tertiary/aromatic N) is 3. The van der Waals surface area contributed by atoms with Crippen LogP contribution in [0.25, 0.3) is 0 Å². The van der Waals surface area contributed by atoms with Gasteiger partial charge in [0.2, 0.25) is 15.9 Å². The SMILES string of the molecule is COc1cc(N2CC3(CCC(CNS(=O)(=O)C4CC4)CO3)C2)ncn1. The minimum absolute atomic E-state index is 0.121. The van der Waals surface area contributed by atoms with Crippen molar-refractivity contribution in [3.05, 3.63) is 12.4 Å². The highest BCUT2D eigenvalue weighted by Crippen LogP contribution is 2.38. The lowest BCUT2D eigenvalue weighted by molar-refractivity contribution is -0.114. The Morgan fingerprint density at radius 3 is 2.80 bits per heavy atom. The maximum atomic E-state index is 11.9. The molecule has 138 valence electrons. The molecule has 1 aromatic heterocycles. The molecule has 8 nitrogen and oxygen atoms in total. The zero-order valence-electron chi connectivity index (χ0n) is 14.3. The molecule has 1 aromatic rings. The van der Waals surface area contributed by atoms with Gasteiger partial charge in [-0.2, -0.15) is 0 Å². The molecule has 0 radical (unpaired) electrons. The topological polar surface area (TPSA) is 93.7 Å². The van der Waals surface area contributed by atoms with Gasteiger partial charge in [-0.3, -0.25) is 0 Å². The van der Waals surface area contributed by atoms with Gasteiger partial charge in [-0.1, -0.05) is 0 Å². The zero-order chi connectivity index (χ0) is 17.5. The van der Waals surface area contributed by atoms with Crippen molar-refractivity contribution in [3.8, 4) is 5.88 Å².